The van der Waals surface area contributed by atoms with E-state index in [1.807, 2.05) is 36.6 Å². The first-order valence-corrected chi connectivity index (χ1v) is 12.6. The van der Waals surface area contributed by atoms with Crippen LogP contribution in [0.4, 0.5) is 0 Å². The number of sulfonamides is 1. The number of likely N-dealkylation sites (tertiary alicyclic amines) is 1. The van der Waals surface area contributed by atoms with Crippen LogP contribution >= 0.6 is 11.3 Å². The molecule has 7 nitrogen and oxygen atoms in total. The molecule has 1 aromatic carbocycles. The summed E-state index contributed by atoms with van der Waals surface area (Å²) in [5.41, 5.74) is 1.68. The number of nitrogens with one attached hydrogen (secondary N) is 1. The SMILES string of the molecule is Cc1nc(COc2ccccc2/C=C/C(=O)N2CCCCC2CNS(C)(=O)=O)cs1. The van der Waals surface area contributed by atoms with Crippen molar-refractivity contribution in [2.24, 2.45) is 0 Å². The maximum atomic E-state index is 12.8. The summed E-state index contributed by atoms with van der Waals surface area (Å²) in [6, 6.07) is 7.40. The van der Waals surface area contributed by atoms with Crippen LogP contribution in [0.3, 0.4) is 0 Å². The average molecular weight is 450 g/mol. The van der Waals surface area contributed by atoms with Crippen molar-refractivity contribution in [1.82, 2.24) is 14.6 Å². The minimum atomic E-state index is -3.29. The highest BCUT2D eigenvalue weighted by atomic mass is 32.2. The molecule has 0 bridgehead atoms. The Morgan fingerprint density at radius 1 is 1.37 bits per heavy atom. The molecule has 1 unspecified atom stereocenters. The van der Waals surface area contributed by atoms with Crippen molar-refractivity contribution >= 4 is 33.3 Å². The predicted octanol–water partition coefficient (Wildman–Crippen LogP) is 2.97. The molecule has 1 saturated heterocycles. The Morgan fingerprint density at radius 2 is 2.17 bits per heavy atom. The molecule has 1 aromatic heterocycles. The number of aryl methyl sites for hydroxylation is 1. The number of ether oxygens (including phenoxy) is 1. The molecular formula is C21H27N3O4S2. The third kappa shape index (κ3) is 6.65. The van der Waals surface area contributed by atoms with Gasteiger partial charge in [-0.2, -0.15) is 0 Å². The molecule has 0 radical (unpaired) electrons. The molecule has 2 heterocycles. The van der Waals surface area contributed by atoms with E-state index in [9.17, 15) is 13.2 Å². The zero-order valence-corrected chi connectivity index (χ0v) is 18.8. The summed E-state index contributed by atoms with van der Waals surface area (Å²) in [6.45, 7) is 3.19. The van der Waals surface area contributed by atoms with Crippen LogP contribution in [0, 0.1) is 6.92 Å². The lowest BCUT2D eigenvalue weighted by Gasteiger charge is -2.35. The molecule has 9 heteroatoms. The van der Waals surface area contributed by atoms with Crippen LogP contribution < -0.4 is 9.46 Å². The Bertz CT molecular complexity index is 1000. The first-order valence-electron chi connectivity index (χ1n) is 9.88. The molecular weight excluding hydrogens is 422 g/mol. The maximum absolute atomic E-state index is 12.8. The van der Waals surface area contributed by atoms with Crippen molar-refractivity contribution in [3.05, 3.63) is 52.0 Å². The highest BCUT2D eigenvalue weighted by Gasteiger charge is 2.26. The Morgan fingerprint density at radius 3 is 2.90 bits per heavy atom. The summed E-state index contributed by atoms with van der Waals surface area (Å²) in [4.78, 5) is 19.0. The summed E-state index contributed by atoms with van der Waals surface area (Å²) in [5, 5.41) is 2.96. The van der Waals surface area contributed by atoms with Crippen LogP contribution in [0.1, 0.15) is 35.5 Å². The summed E-state index contributed by atoms with van der Waals surface area (Å²) >= 11 is 1.58. The van der Waals surface area contributed by atoms with Gasteiger partial charge in [-0.05, 0) is 38.3 Å². The summed E-state index contributed by atoms with van der Waals surface area (Å²) in [7, 11) is -3.29. The van der Waals surface area contributed by atoms with Gasteiger partial charge in [0, 0.05) is 36.2 Å². The normalized spacial score (nSPS) is 17.4. The van der Waals surface area contributed by atoms with Gasteiger partial charge in [-0.25, -0.2) is 18.1 Å². The minimum Gasteiger partial charge on any atom is -0.487 e. The van der Waals surface area contributed by atoms with E-state index in [4.69, 9.17) is 4.74 Å². The van der Waals surface area contributed by atoms with E-state index < -0.39 is 10.0 Å². The van der Waals surface area contributed by atoms with Gasteiger partial charge in [0.05, 0.1) is 17.0 Å². The fourth-order valence-corrected chi connectivity index (χ4v) is 4.48. The predicted molar refractivity (Wildman–Crippen MR) is 119 cm³/mol. The second kappa shape index (κ2) is 10.2. The molecule has 1 aliphatic rings. The molecule has 1 aliphatic heterocycles. The van der Waals surface area contributed by atoms with E-state index in [1.165, 1.54) is 6.08 Å². The third-order valence-corrected chi connectivity index (χ3v) is 6.37. The lowest BCUT2D eigenvalue weighted by Crippen LogP contribution is -2.48. The number of hydrogen-bond acceptors (Lipinski definition) is 6. The van der Waals surface area contributed by atoms with E-state index in [2.05, 4.69) is 9.71 Å². The number of aromatic nitrogens is 1. The molecule has 1 N–H and O–H groups in total. The topological polar surface area (TPSA) is 88.6 Å². The van der Waals surface area contributed by atoms with Crippen molar-refractivity contribution in [1.29, 1.82) is 0 Å². The average Bonchev–Trinajstić information content (AvgIpc) is 3.14. The molecule has 1 amide bonds. The van der Waals surface area contributed by atoms with Gasteiger partial charge in [0.25, 0.3) is 0 Å². The van der Waals surface area contributed by atoms with Crippen LogP contribution in [0.15, 0.2) is 35.7 Å². The number of rotatable bonds is 8. The molecule has 1 atom stereocenters. The standard InChI is InChI=1S/C21H27N3O4S2/c1-16-23-18(15-29-16)14-28-20-9-4-3-7-17(20)10-11-21(25)24-12-6-5-8-19(24)13-22-30(2,26)27/h3-4,7,9-11,15,19,22H,5-6,8,12-14H2,1-2H3/b11-10+. The molecule has 0 spiro atoms. The van der Waals surface area contributed by atoms with Crippen molar-refractivity contribution < 1.29 is 17.9 Å². The molecule has 2 aromatic rings. The van der Waals surface area contributed by atoms with Crippen LogP contribution in [0.2, 0.25) is 0 Å². The van der Waals surface area contributed by atoms with Crippen molar-refractivity contribution in [2.45, 2.75) is 38.8 Å². The van der Waals surface area contributed by atoms with Crippen molar-refractivity contribution in [3.63, 3.8) is 0 Å². The number of carbonyl (C=O) groups excluding carboxylic acids is 1. The van der Waals surface area contributed by atoms with E-state index in [1.54, 1.807) is 22.3 Å². The number of nitrogens with zero attached hydrogens (tertiary/aromatic N) is 2. The number of para-hydroxylation sites is 1. The Balaban J connectivity index is 1.66. The highest BCUT2D eigenvalue weighted by Crippen LogP contribution is 2.22. The van der Waals surface area contributed by atoms with Gasteiger partial charge in [-0.15, -0.1) is 11.3 Å². The Labute approximate surface area is 181 Å². The Hall–Kier alpha value is -2.23. The van der Waals surface area contributed by atoms with Gasteiger partial charge in [0.1, 0.15) is 12.4 Å². The zero-order chi connectivity index (χ0) is 21.6. The number of amides is 1. The molecule has 30 heavy (non-hydrogen) atoms. The fraction of sp³-hybridized carbons (Fsp3) is 0.429. The quantitative estimate of drug-likeness (QED) is 0.626. The number of carbonyl (C=O) groups is 1. The second-order valence-corrected chi connectivity index (χ2v) is 10.2. The largest absolute Gasteiger partial charge is 0.487 e. The van der Waals surface area contributed by atoms with Crippen molar-refractivity contribution in [2.75, 3.05) is 19.3 Å². The number of benzene rings is 1. The number of piperidine rings is 1. The molecule has 162 valence electrons. The summed E-state index contributed by atoms with van der Waals surface area (Å²) in [6.07, 6.45) is 7.10. The van der Waals surface area contributed by atoms with E-state index >= 15 is 0 Å². The lowest BCUT2D eigenvalue weighted by atomic mass is 10.0. The second-order valence-electron chi connectivity index (χ2n) is 7.32. The summed E-state index contributed by atoms with van der Waals surface area (Å²) < 4.78 is 31.3. The van der Waals surface area contributed by atoms with Crippen LogP contribution in [0.5, 0.6) is 5.75 Å². The third-order valence-electron chi connectivity index (χ3n) is 4.86. The Kier molecular flexibility index (Phi) is 7.63. The lowest BCUT2D eigenvalue weighted by molar-refractivity contribution is -0.129. The molecule has 0 saturated carbocycles. The van der Waals surface area contributed by atoms with Gasteiger partial charge >= 0.3 is 0 Å². The van der Waals surface area contributed by atoms with Crippen molar-refractivity contribution in [3.8, 4) is 5.75 Å². The first-order chi connectivity index (χ1) is 14.3. The van der Waals surface area contributed by atoms with Gasteiger partial charge in [0.15, 0.2) is 0 Å². The van der Waals surface area contributed by atoms with Crippen LogP contribution in [-0.4, -0.2) is 49.6 Å². The van der Waals surface area contributed by atoms with E-state index in [0.29, 0.717) is 18.9 Å². The maximum Gasteiger partial charge on any atom is 0.246 e. The molecule has 1 fully saturated rings. The van der Waals surface area contributed by atoms with Crippen LogP contribution in [0.25, 0.3) is 6.08 Å². The monoisotopic (exact) mass is 449 g/mol. The fourth-order valence-electron chi connectivity index (χ4n) is 3.38. The van der Waals surface area contributed by atoms with Gasteiger partial charge < -0.3 is 9.64 Å². The molecule has 0 aliphatic carbocycles. The highest BCUT2D eigenvalue weighted by molar-refractivity contribution is 7.88. The van der Waals surface area contributed by atoms with Crippen LogP contribution in [-0.2, 0) is 21.4 Å². The van der Waals surface area contributed by atoms with Gasteiger partial charge in [-0.1, -0.05) is 18.2 Å². The summed E-state index contributed by atoms with van der Waals surface area (Å²) in [5.74, 6) is 0.557. The van der Waals surface area contributed by atoms with E-state index in [-0.39, 0.29) is 18.5 Å². The van der Waals surface area contributed by atoms with Gasteiger partial charge in [-0.3, -0.25) is 4.79 Å². The number of hydrogen-bond donors (Lipinski definition) is 1. The minimum absolute atomic E-state index is 0.125. The molecule has 3 rings (SSSR count). The number of thiazole rings is 1. The van der Waals surface area contributed by atoms with E-state index in [0.717, 1.165) is 41.8 Å². The zero-order valence-electron chi connectivity index (χ0n) is 17.2. The first kappa shape index (κ1) is 22.5. The van der Waals surface area contributed by atoms with Gasteiger partial charge in [0.2, 0.25) is 15.9 Å². The smallest absolute Gasteiger partial charge is 0.246 e.